The highest BCUT2D eigenvalue weighted by Crippen LogP contribution is 2.11. The molecule has 0 aromatic heterocycles. The molecule has 2 atom stereocenters. The minimum absolute atomic E-state index is 0.0821. The van der Waals surface area contributed by atoms with Crippen LogP contribution in [0.3, 0.4) is 0 Å². The van der Waals surface area contributed by atoms with Crippen molar-refractivity contribution >= 4 is 34.5 Å². The van der Waals surface area contributed by atoms with Crippen molar-refractivity contribution in [2.75, 3.05) is 11.5 Å². The van der Waals surface area contributed by atoms with Gasteiger partial charge in [-0.1, -0.05) is 18.7 Å². The van der Waals surface area contributed by atoms with Gasteiger partial charge in [0.15, 0.2) is 5.12 Å². The van der Waals surface area contributed by atoms with Gasteiger partial charge in [-0.25, -0.2) is 0 Å². The molecular formula is C9H17NO3S2. The van der Waals surface area contributed by atoms with Gasteiger partial charge in [-0.2, -0.15) is 0 Å². The molecule has 1 amide bonds. The SMILES string of the molecule is CCSC(O)C(C)NC(=O)CSC(C)=O. The number of rotatable bonds is 6. The fourth-order valence-electron chi connectivity index (χ4n) is 0.849. The number of hydrogen-bond donors (Lipinski definition) is 2. The van der Waals surface area contributed by atoms with Gasteiger partial charge in [0.25, 0.3) is 0 Å². The molecule has 0 aliphatic rings. The Bertz CT molecular complexity index is 223. The minimum Gasteiger partial charge on any atom is -0.380 e. The summed E-state index contributed by atoms with van der Waals surface area (Å²) >= 11 is 2.34. The highest BCUT2D eigenvalue weighted by Gasteiger charge is 2.16. The summed E-state index contributed by atoms with van der Waals surface area (Å²) in [6.07, 6.45) is 0. The zero-order chi connectivity index (χ0) is 11.8. The quantitative estimate of drug-likeness (QED) is 0.685. The molecule has 0 saturated carbocycles. The van der Waals surface area contributed by atoms with Gasteiger partial charge in [0.2, 0.25) is 5.91 Å². The molecule has 4 nitrogen and oxygen atoms in total. The zero-order valence-corrected chi connectivity index (χ0v) is 10.8. The van der Waals surface area contributed by atoms with Gasteiger partial charge >= 0.3 is 0 Å². The molecule has 0 aromatic carbocycles. The first-order chi connectivity index (χ1) is 6.97. The third kappa shape index (κ3) is 7.70. The van der Waals surface area contributed by atoms with Crippen molar-refractivity contribution in [3.63, 3.8) is 0 Å². The van der Waals surface area contributed by atoms with E-state index in [1.54, 1.807) is 6.92 Å². The predicted octanol–water partition coefficient (Wildman–Crippen LogP) is 0.842. The van der Waals surface area contributed by atoms with Crippen LogP contribution in [0.1, 0.15) is 20.8 Å². The first kappa shape index (κ1) is 14.8. The summed E-state index contributed by atoms with van der Waals surface area (Å²) in [4.78, 5) is 21.9. The average Bonchev–Trinajstić information content (AvgIpc) is 2.15. The lowest BCUT2D eigenvalue weighted by atomic mass is 10.3. The highest BCUT2D eigenvalue weighted by atomic mass is 32.2. The van der Waals surface area contributed by atoms with Gasteiger partial charge in [0, 0.05) is 6.92 Å². The Morgan fingerprint density at radius 1 is 1.47 bits per heavy atom. The molecule has 0 heterocycles. The van der Waals surface area contributed by atoms with Crippen molar-refractivity contribution in [3.8, 4) is 0 Å². The molecule has 0 aromatic rings. The van der Waals surface area contributed by atoms with E-state index in [4.69, 9.17) is 0 Å². The number of aliphatic hydroxyl groups excluding tert-OH is 1. The Morgan fingerprint density at radius 2 is 2.07 bits per heavy atom. The predicted molar refractivity (Wildman–Crippen MR) is 64.9 cm³/mol. The Labute approximate surface area is 98.6 Å². The van der Waals surface area contributed by atoms with Crippen LogP contribution in [0.4, 0.5) is 0 Å². The summed E-state index contributed by atoms with van der Waals surface area (Å²) in [7, 11) is 0. The number of amides is 1. The summed E-state index contributed by atoms with van der Waals surface area (Å²) < 4.78 is 0. The van der Waals surface area contributed by atoms with E-state index in [9.17, 15) is 14.7 Å². The second-order valence-corrected chi connectivity index (χ2v) is 5.53. The van der Waals surface area contributed by atoms with E-state index in [1.165, 1.54) is 18.7 Å². The van der Waals surface area contributed by atoms with E-state index in [2.05, 4.69) is 5.32 Å². The Morgan fingerprint density at radius 3 is 2.53 bits per heavy atom. The smallest absolute Gasteiger partial charge is 0.230 e. The van der Waals surface area contributed by atoms with E-state index in [0.29, 0.717) is 0 Å². The van der Waals surface area contributed by atoms with Crippen molar-refractivity contribution < 1.29 is 14.7 Å². The van der Waals surface area contributed by atoms with Crippen LogP contribution in [0.2, 0.25) is 0 Å². The third-order valence-corrected chi connectivity index (χ3v) is 3.46. The Balaban J connectivity index is 3.79. The normalized spacial score (nSPS) is 14.4. The molecule has 0 rings (SSSR count). The number of aliphatic hydroxyl groups is 1. The monoisotopic (exact) mass is 251 g/mol. The number of nitrogens with one attached hydrogen (secondary N) is 1. The molecule has 6 heteroatoms. The second-order valence-electron chi connectivity index (χ2n) is 2.98. The van der Waals surface area contributed by atoms with E-state index in [0.717, 1.165) is 17.5 Å². The fourth-order valence-corrected chi connectivity index (χ4v) is 1.97. The molecule has 0 spiro atoms. The van der Waals surface area contributed by atoms with Crippen LogP contribution in [0.15, 0.2) is 0 Å². The largest absolute Gasteiger partial charge is 0.380 e. The molecule has 15 heavy (non-hydrogen) atoms. The van der Waals surface area contributed by atoms with Crippen molar-refractivity contribution in [2.24, 2.45) is 0 Å². The maximum Gasteiger partial charge on any atom is 0.230 e. The maximum absolute atomic E-state index is 11.3. The first-order valence-electron chi connectivity index (χ1n) is 4.69. The molecule has 0 fully saturated rings. The van der Waals surface area contributed by atoms with Crippen molar-refractivity contribution in [2.45, 2.75) is 32.2 Å². The standard InChI is InChI=1S/C9H17NO3S2/c1-4-14-9(13)6(2)10-8(12)5-15-7(3)11/h6,9,13H,4-5H2,1-3H3,(H,10,12). The molecule has 2 N–H and O–H groups in total. The summed E-state index contributed by atoms with van der Waals surface area (Å²) in [5, 5.41) is 12.1. The summed E-state index contributed by atoms with van der Waals surface area (Å²) in [6, 6.07) is -0.296. The van der Waals surface area contributed by atoms with Gasteiger partial charge in [-0.3, -0.25) is 9.59 Å². The minimum atomic E-state index is -0.596. The zero-order valence-electron chi connectivity index (χ0n) is 9.15. The summed E-state index contributed by atoms with van der Waals surface area (Å²) in [6.45, 7) is 5.10. The van der Waals surface area contributed by atoms with Crippen molar-refractivity contribution in [1.29, 1.82) is 0 Å². The fraction of sp³-hybridized carbons (Fsp3) is 0.778. The van der Waals surface area contributed by atoms with Gasteiger partial charge in [-0.15, -0.1) is 11.8 Å². The van der Waals surface area contributed by atoms with Crippen LogP contribution in [-0.2, 0) is 9.59 Å². The van der Waals surface area contributed by atoms with E-state index in [1.807, 2.05) is 6.92 Å². The van der Waals surface area contributed by atoms with Gasteiger partial charge in [0.1, 0.15) is 5.44 Å². The third-order valence-electron chi connectivity index (χ3n) is 1.56. The van der Waals surface area contributed by atoms with E-state index >= 15 is 0 Å². The average molecular weight is 251 g/mol. The number of hydrogen-bond acceptors (Lipinski definition) is 5. The van der Waals surface area contributed by atoms with Crippen LogP contribution in [0.5, 0.6) is 0 Å². The van der Waals surface area contributed by atoms with Gasteiger partial charge < -0.3 is 10.4 Å². The molecule has 2 unspecified atom stereocenters. The van der Waals surface area contributed by atoms with Gasteiger partial charge in [0.05, 0.1) is 11.8 Å². The molecule has 0 bridgehead atoms. The molecule has 0 radical (unpaired) electrons. The second kappa shape index (κ2) is 8.01. The lowest BCUT2D eigenvalue weighted by molar-refractivity contribution is -0.119. The van der Waals surface area contributed by atoms with Crippen molar-refractivity contribution in [3.05, 3.63) is 0 Å². The number of carbonyl (C=O) groups is 2. The lowest BCUT2D eigenvalue weighted by Gasteiger charge is -2.18. The molecular weight excluding hydrogens is 234 g/mol. The first-order valence-corrected chi connectivity index (χ1v) is 6.73. The summed E-state index contributed by atoms with van der Waals surface area (Å²) in [5.41, 5.74) is -0.596. The highest BCUT2D eigenvalue weighted by molar-refractivity contribution is 8.14. The maximum atomic E-state index is 11.3. The van der Waals surface area contributed by atoms with Crippen LogP contribution < -0.4 is 5.32 Å². The molecule has 0 aliphatic heterocycles. The molecule has 0 saturated heterocycles. The number of thioether (sulfide) groups is 2. The molecule has 0 aliphatic carbocycles. The van der Waals surface area contributed by atoms with Crippen LogP contribution >= 0.6 is 23.5 Å². The number of carbonyl (C=O) groups excluding carboxylic acids is 2. The lowest BCUT2D eigenvalue weighted by Crippen LogP contribution is -2.40. The van der Waals surface area contributed by atoms with E-state index in [-0.39, 0.29) is 22.8 Å². The van der Waals surface area contributed by atoms with Crippen molar-refractivity contribution in [1.82, 2.24) is 5.32 Å². The topological polar surface area (TPSA) is 66.4 Å². The van der Waals surface area contributed by atoms with Crippen LogP contribution in [0, 0.1) is 0 Å². The molecule has 88 valence electrons. The Kier molecular flexibility index (Phi) is 7.90. The van der Waals surface area contributed by atoms with Gasteiger partial charge in [-0.05, 0) is 12.7 Å². The van der Waals surface area contributed by atoms with Crippen LogP contribution in [0.25, 0.3) is 0 Å². The Hall–Kier alpha value is -0.200. The van der Waals surface area contributed by atoms with E-state index < -0.39 is 5.44 Å². The van der Waals surface area contributed by atoms with Crippen LogP contribution in [-0.4, -0.2) is 39.1 Å². The summed E-state index contributed by atoms with van der Waals surface area (Å²) in [5.74, 6) is 0.686.